The predicted molar refractivity (Wildman–Crippen MR) is 66.8 cm³/mol. The van der Waals surface area contributed by atoms with Crippen LogP contribution in [0.3, 0.4) is 0 Å². The molecule has 96 valence electrons. The Balaban J connectivity index is 2.54. The summed E-state index contributed by atoms with van der Waals surface area (Å²) in [5.74, 6) is -1.49. The molecule has 0 spiro atoms. The summed E-state index contributed by atoms with van der Waals surface area (Å²) in [4.78, 5) is 10.6. The number of benzene rings is 1. The summed E-state index contributed by atoms with van der Waals surface area (Å²) in [6.07, 6.45) is -0.286. The summed E-state index contributed by atoms with van der Waals surface area (Å²) in [6, 6.07) is 4.08. The largest absolute Gasteiger partial charge is 0.481 e. The van der Waals surface area contributed by atoms with E-state index in [1.165, 1.54) is 6.07 Å². The van der Waals surface area contributed by atoms with E-state index in [1.54, 1.807) is 6.07 Å². The van der Waals surface area contributed by atoms with Crippen LogP contribution in [0.15, 0.2) is 18.2 Å². The molecule has 18 heavy (non-hydrogen) atoms. The van der Waals surface area contributed by atoms with Crippen molar-refractivity contribution in [2.45, 2.75) is 19.4 Å². The van der Waals surface area contributed by atoms with Crippen molar-refractivity contribution < 1.29 is 14.3 Å². The number of nitrogens with two attached hydrogens (primary N) is 1. The molecular weight excluding hydrogens is 235 g/mol. The number of hydrogen-bond donors (Lipinski definition) is 2. The molecule has 0 aliphatic rings. The molecule has 1 aromatic heterocycles. The fraction of sp³-hybridized carbons (Fsp3) is 0.308. The molecule has 0 saturated carbocycles. The number of hydrogen-bond acceptors (Lipinski definition) is 2. The second-order valence-corrected chi connectivity index (χ2v) is 4.48. The average molecular weight is 250 g/mol. The van der Waals surface area contributed by atoms with Gasteiger partial charge in [0.05, 0.1) is 6.42 Å². The molecule has 0 aliphatic heterocycles. The fourth-order valence-corrected chi connectivity index (χ4v) is 2.09. The van der Waals surface area contributed by atoms with E-state index in [-0.39, 0.29) is 12.0 Å². The molecule has 1 heterocycles. The van der Waals surface area contributed by atoms with E-state index in [2.05, 4.69) is 0 Å². The Kier molecular flexibility index (Phi) is 3.09. The number of carboxylic acid groups (broad SMARTS) is 1. The van der Waals surface area contributed by atoms with Crippen molar-refractivity contribution in [3.05, 3.63) is 35.3 Å². The molecule has 4 nitrogen and oxygen atoms in total. The van der Waals surface area contributed by atoms with Gasteiger partial charge in [0.2, 0.25) is 0 Å². The van der Waals surface area contributed by atoms with Crippen LogP contribution in [0.4, 0.5) is 4.39 Å². The SMILES string of the molecule is Cc1cc2cc(F)c(C(N)CC(=O)O)cc2n1C. The van der Waals surface area contributed by atoms with Crippen molar-refractivity contribution in [2.75, 3.05) is 0 Å². The lowest BCUT2D eigenvalue weighted by Crippen LogP contribution is -2.16. The Morgan fingerprint density at radius 3 is 2.78 bits per heavy atom. The van der Waals surface area contributed by atoms with Crippen molar-refractivity contribution in [3.63, 3.8) is 0 Å². The minimum absolute atomic E-state index is 0.242. The molecule has 2 aromatic rings. The minimum atomic E-state index is -1.04. The van der Waals surface area contributed by atoms with E-state index in [4.69, 9.17) is 10.8 Å². The zero-order valence-electron chi connectivity index (χ0n) is 10.3. The highest BCUT2D eigenvalue weighted by molar-refractivity contribution is 5.82. The van der Waals surface area contributed by atoms with Crippen molar-refractivity contribution >= 4 is 16.9 Å². The Morgan fingerprint density at radius 2 is 2.17 bits per heavy atom. The number of halogens is 1. The number of aryl methyl sites for hydroxylation is 2. The summed E-state index contributed by atoms with van der Waals surface area (Å²) >= 11 is 0. The highest BCUT2D eigenvalue weighted by Gasteiger charge is 2.17. The summed E-state index contributed by atoms with van der Waals surface area (Å²) in [6.45, 7) is 1.93. The topological polar surface area (TPSA) is 68.2 Å². The van der Waals surface area contributed by atoms with Crippen molar-refractivity contribution in [2.24, 2.45) is 12.8 Å². The van der Waals surface area contributed by atoms with Crippen LogP contribution in [0.25, 0.3) is 10.9 Å². The Labute approximate surface area is 104 Å². The Hall–Kier alpha value is -1.88. The van der Waals surface area contributed by atoms with Crippen LogP contribution in [0, 0.1) is 12.7 Å². The first-order valence-electron chi connectivity index (χ1n) is 5.63. The van der Waals surface area contributed by atoms with E-state index in [9.17, 15) is 9.18 Å². The van der Waals surface area contributed by atoms with E-state index in [0.29, 0.717) is 0 Å². The third kappa shape index (κ3) is 2.09. The molecule has 0 saturated heterocycles. The van der Waals surface area contributed by atoms with Gasteiger partial charge in [-0.2, -0.15) is 0 Å². The van der Waals surface area contributed by atoms with Crippen molar-refractivity contribution in [1.29, 1.82) is 0 Å². The van der Waals surface area contributed by atoms with E-state index < -0.39 is 17.8 Å². The van der Waals surface area contributed by atoms with Gasteiger partial charge in [0, 0.05) is 35.2 Å². The lowest BCUT2D eigenvalue weighted by Gasteiger charge is -2.11. The van der Waals surface area contributed by atoms with E-state index >= 15 is 0 Å². The normalized spacial score (nSPS) is 12.9. The molecule has 2 rings (SSSR count). The maximum atomic E-state index is 13.9. The van der Waals surface area contributed by atoms with Gasteiger partial charge >= 0.3 is 5.97 Å². The third-order valence-electron chi connectivity index (χ3n) is 3.19. The van der Waals surface area contributed by atoms with Crippen LogP contribution < -0.4 is 5.73 Å². The first-order chi connectivity index (χ1) is 8.40. The van der Waals surface area contributed by atoms with Crippen molar-refractivity contribution in [3.8, 4) is 0 Å². The average Bonchev–Trinajstić information content (AvgIpc) is 2.52. The standard InChI is InChI=1S/C13H15FN2O2/c1-7-3-8-4-10(14)9(5-12(8)16(7)2)11(15)6-13(17)18/h3-5,11H,6,15H2,1-2H3,(H,17,18). The summed E-state index contributed by atoms with van der Waals surface area (Å²) in [7, 11) is 1.88. The monoisotopic (exact) mass is 250 g/mol. The summed E-state index contributed by atoms with van der Waals surface area (Å²) < 4.78 is 15.8. The third-order valence-corrected chi connectivity index (χ3v) is 3.19. The van der Waals surface area contributed by atoms with E-state index in [1.807, 2.05) is 24.6 Å². The summed E-state index contributed by atoms with van der Waals surface area (Å²) in [5.41, 5.74) is 7.82. The van der Waals surface area contributed by atoms with Gasteiger partial charge < -0.3 is 15.4 Å². The van der Waals surface area contributed by atoms with Crippen LogP contribution >= 0.6 is 0 Å². The van der Waals surface area contributed by atoms with Gasteiger partial charge in [-0.05, 0) is 25.1 Å². The number of aliphatic carboxylic acids is 1. The van der Waals surface area contributed by atoms with Gasteiger partial charge in [-0.25, -0.2) is 4.39 Å². The molecule has 0 amide bonds. The molecular formula is C13H15FN2O2. The number of carbonyl (C=O) groups is 1. The van der Waals surface area contributed by atoms with Crippen LogP contribution in [-0.2, 0) is 11.8 Å². The maximum Gasteiger partial charge on any atom is 0.305 e. The maximum absolute atomic E-state index is 13.9. The molecule has 0 bridgehead atoms. The van der Waals surface area contributed by atoms with Crippen LogP contribution in [-0.4, -0.2) is 15.6 Å². The van der Waals surface area contributed by atoms with Gasteiger partial charge in [-0.3, -0.25) is 4.79 Å². The van der Waals surface area contributed by atoms with Crippen LogP contribution in [0.2, 0.25) is 0 Å². The highest BCUT2D eigenvalue weighted by Crippen LogP contribution is 2.26. The quantitative estimate of drug-likeness (QED) is 0.876. The van der Waals surface area contributed by atoms with Gasteiger partial charge in [0.1, 0.15) is 5.82 Å². The van der Waals surface area contributed by atoms with Gasteiger partial charge in [0.15, 0.2) is 0 Å². The number of rotatable bonds is 3. The number of nitrogens with zero attached hydrogens (tertiary/aromatic N) is 1. The number of carboxylic acids is 1. The summed E-state index contributed by atoms with van der Waals surface area (Å²) in [5, 5.41) is 9.49. The first-order valence-corrected chi connectivity index (χ1v) is 5.63. The van der Waals surface area contributed by atoms with Gasteiger partial charge in [0.25, 0.3) is 0 Å². The Morgan fingerprint density at radius 1 is 1.50 bits per heavy atom. The Bertz CT molecular complexity index is 619. The molecule has 0 fully saturated rings. The van der Waals surface area contributed by atoms with Gasteiger partial charge in [-0.15, -0.1) is 0 Å². The van der Waals surface area contributed by atoms with Crippen LogP contribution in [0.5, 0.6) is 0 Å². The van der Waals surface area contributed by atoms with Gasteiger partial charge in [-0.1, -0.05) is 0 Å². The predicted octanol–water partition coefficient (Wildman–Crippen LogP) is 2.10. The molecule has 1 unspecified atom stereocenters. The molecule has 1 aromatic carbocycles. The highest BCUT2D eigenvalue weighted by atomic mass is 19.1. The fourth-order valence-electron chi connectivity index (χ4n) is 2.09. The lowest BCUT2D eigenvalue weighted by atomic mass is 10.0. The van der Waals surface area contributed by atoms with Crippen molar-refractivity contribution in [1.82, 2.24) is 4.57 Å². The second kappa shape index (κ2) is 4.42. The molecule has 0 aliphatic carbocycles. The molecule has 0 radical (unpaired) electrons. The second-order valence-electron chi connectivity index (χ2n) is 4.48. The smallest absolute Gasteiger partial charge is 0.305 e. The molecule has 5 heteroatoms. The minimum Gasteiger partial charge on any atom is -0.481 e. The first kappa shape index (κ1) is 12.6. The van der Waals surface area contributed by atoms with E-state index in [0.717, 1.165) is 16.6 Å². The van der Waals surface area contributed by atoms with Crippen LogP contribution in [0.1, 0.15) is 23.7 Å². The number of aromatic nitrogens is 1. The zero-order chi connectivity index (χ0) is 13.4. The number of fused-ring (bicyclic) bond motifs is 1. The zero-order valence-corrected chi connectivity index (χ0v) is 10.3. The molecule has 1 atom stereocenters. The molecule has 3 N–H and O–H groups in total. The lowest BCUT2D eigenvalue weighted by molar-refractivity contribution is -0.137.